The molecule has 100 valence electrons. The molecule has 1 fully saturated rings. The molecule has 0 radical (unpaired) electrons. The summed E-state index contributed by atoms with van der Waals surface area (Å²) in [7, 11) is 1.99. The van der Waals surface area contributed by atoms with Crippen molar-refractivity contribution in [1.29, 1.82) is 0 Å². The molecule has 1 saturated carbocycles. The van der Waals surface area contributed by atoms with E-state index in [0.29, 0.717) is 0 Å². The third-order valence-electron chi connectivity index (χ3n) is 3.61. The van der Waals surface area contributed by atoms with Gasteiger partial charge in [0.15, 0.2) is 0 Å². The van der Waals surface area contributed by atoms with Gasteiger partial charge in [-0.3, -0.25) is 0 Å². The molecule has 2 rings (SSSR count). The molecule has 0 amide bonds. The largest absolute Gasteiger partial charge is 0.384 e. The molecule has 3 N–H and O–H groups in total. The summed E-state index contributed by atoms with van der Waals surface area (Å²) in [4.78, 5) is 0. The van der Waals surface area contributed by atoms with E-state index in [1.54, 1.807) is 0 Å². The highest BCUT2D eigenvalue weighted by Gasteiger charge is 2.15. The second kappa shape index (κ2) is 7.39. The van der Waals surface area contributed by atoms with Gasteiger partial charge in [-0.05, 0) is 50.6 Å². The van der Waals surface area contributed by atoms with Crippen LogP contribution >= 0.6 is 0 Å². The van der Waals surface area contributed by atoms with Crippen LogP contribution in [-0.4, -0.2) is 32.7 Å². The Morgan fingerprint density at radius 3 is 2.44 bits per heavy atom. The van der Waals surface area contributed by atoms with Crippen molar-refractivity contribution in [1.82, 2.24) is 10.6 Å². The first-order chi connectivity index (χ1) is 8.88. The SMILES string of the molecule is CNCCc1ccc(NCCNC2CCC2)cc1. The van der Waals surface area contributed by atoms with Gasteiger partial charge >= 0.3 is 0 Å². The van der Waals surface area contributed by atoms with E-state index in [1.807, 2.05) is 7.05 Å². The van der Waals surface area contributed by atoms with Crippen molar-refractivity contribution < 1.29 is 0 Å². The van der Waals surface area contributed by atoms with E-state index in [2.05, 4.69) is 40.2 Å². The monoisotopic (exact) mass is 247 g/mol. The molecule has 1 aliphatic rings. The molecule has 0 atom stereocenters. The van der Waals surface area contributed by atoms with Crippen molar-refractivity contribution in [2.75, 3.05) is 32.0 Å². The number of hydrogen-bond donors (Lipinski definition) is 3. The summed E-state index contributed by atoms with van der Waals surface area (Å²) >= 11 is 0. The first-order valence-corrected chi connectivity index (χ1v) is 7.09. The van der Waals surface area contributed by atoms with E-state index in [4.69, 9.17) is 0 Å². The summed E-state index contributed by atoms with van der Waals surface area (Å²) in [6.45, 7) is 3.11. The normalized spacial score (nSPS) is 15.4. The fourth-order valence-electron chi connectivity index (χ4n) is 2.15. The van der Waals surface area contributed by atoms with Crippen LogP contribution in [0.1, 0.15) is 24.8 Å². The number of benzene rings is 1. The highest BCUT2D eigenvalue weighted by Crippen LogP contribution is 2.17. The van der Waals surface area contributed by atoms with E-state index < -0.39 is 0 Å². The Kier molecular flexibility index (Phi) is 5.49. The summed E-state index contributed by atoms with van der Waals surface area (Å²) < 4.78 is 0. The number of nitrogens with one attached hydrogen (secondary N) is 3. The molecule has 1 aromatic carbocycles. The van der Waals surface area contributed by atoms with Gasteiger partial charge in [0.25, 0.3) is 0 Å². The van der Waals surface area contributed by atoms with Crippen LogP contribution in [0.15, 0.2) is 24.3 Å². The molecule has 0 aliphatic heterocycles. The first kappa shape index (κ1) is 13.4. The molecule has 0 bridgehead atoms. The van der Waals surface area contributed by atoms with Crippen molar-refractivity contribution >= 4 is 5.69 Å². The first-order valence-electron chi connectivity index (χ1n) is 7.09. The van der Waals surface area contributed by atoms with Gasteiger partial charge in [0.2, 0.25) is 0 Å². The molecule has 3 heteroatoms. The Bertz CT molecular complexity index is 330. The van der Waals surface area contributed by atoms with Crippen LogP contribution in [0.2, 0.25) is 0 Å². The predicted molar refractivity (Wildman–Crippen MR) is 78.2 cm³/mol. The molecule has 0 spiro atoms. The third-order valence-corrected chi connectivity index (χ3v) is 3.61. The zero-order valence-corrected chi connectivity index (χ0v) is 11.3. The molecule has 0 saturated heterocycles. The lowest BCUT2D eigenvalue weighted by Crippen LogP contribution is -2.37. The minimum absolute atomic E-state index is 0.788. The second-order valence-corrected chi connectivity index (χ2v) is 5.06. The maximum Gasteiger partial charge on any atom is 0.0340 e. The molecule has 1 aromatic rings. The van der Waals surface area contributed by atoms with E-state index in [0.717, 1.165) is 32.1 Å². The lowest BCUT2D eigenvalue weighted by Gasteiger charge is -2.26. The maximum atomic E-state index is 3.56. The average Bonchev–Trinajstić information content (AvgIpc) is 2.35. The summed E-state index contributed by atoms with van der Waals surface area (Å²) in [5.74, 6) is 0. The highest BCUT2D eigenvalue weighted by atomic mass is 15.0. The standard InChI is InChI=1S/C15H25N3/c1-16-10-9-13-5-7-15(8-6-13)18-12-11-17-14-3-2-4-14/h5-8,14,16-18H,2-4,9-12H2,1H3. The van der Waals surface area contributed by atoms with Crippen LogP contribution in [0.4, 0.5) is 5.69 Å². The summed E-state index contributed by atoms with van der Waals surface area (Å²) in [5.41, 5.74) is 2.61. The molecule has 0 aromatic heterocycles. The van der Waals surface area contributed by atoms with E-state index >= 15 is 0 Å². The average molecular weight is 247 g/mol. The van der Waals surface area contributed by atoms with Crippen LogP contribution in [-0.2, 0) is 6.42 Å². The lowest BCUT2D eigenvalue weighted by atomic mass is 9.93. The minimum atomic E-state index is 0.788. The fourth-order valence-corrected chi connectivity index (χ4v) is 2.15. The Labute approximate surface area is 110 Å². The molecule has 18 heavy (non-hydrogen) atoms. The zero-order chi connectivity index (χ0) is 12.6. The lowest BCUT2D eigenvalue weighted by molar-refractivity contribution is 0.345. The van der Waals surface area contributed by atoms with E-state index in [-0.39, 0.29) is 0 Å². The third kappa shape index (κ3) is 4.31. The minimum Gasteiger partial charge on any atom is -0.384 e. The van der Waals surface area contributed by atoms with Crippen molar-refractivity contribution in [3.05, 3.63) is 29.8 Å². The van der Waals surface area contributed by atoms with E-state index in [1.165, 1.54) is 30.5 Å². The van der Waals surface area contributed by atoms with Gasteiger partial charge in [-0.2, -0.15) is 0 Å². The summed E-state index contributed by atoms with van der Waals surface area (Å²) in [6.07, 6.45) is 5.22. The number of anilines is 1. The van der Waals surface area contributed by atoms with Gasteiger partial charge in [0.1, 0.15) is 0 Å². The Balaban J connectivity index is 1.62. The molecular weight excluding hydrogens is 222 g/mol. The smallest absolute Gasteiger partial charge is 0.0340 e. The Hall–Kier alpha value is -1.06. The predicted octanol–water partition coefficient (Wildman–Crippen LogP) is 2.00. The highest BCUT2D eigenvalue weighted by molar-refractivity contribution is 5.44. The topological polar surface area (TPSA) is 36.1 Å². The fraction of sp³-hybridized carbons (Fsp3) is 0.600. The molecular formula is C15H25N3. The molecule has 0 heterocycles. The van der Waals surface area contributed by atoms with Crippen LogP contribution in [0.25, 0.3) is 0 Å². The summed E-state index contributed by atoms with van der Waals surface area (Å²) in [6, 6.07) is 9.55. The number of likely N-dealkylation sites (N-methyl/N-ethyl adjacent to an activating group) is 1. The van der Waals surface area contributed by atoms with Crippen molar-refractivity contribution in [2.24, 2.45) is 0 Å². The Morgan fingerprint density at radius 1 is 1.06 bits per heavy atom. The van der Waals surface area contributed by atoms with Crippen molar-refractivity contribution in [2.45, 2.75) is 31.7 Å². The molecule has 1 aliphatic carbocycles. The van der Waals surface area contributed by atoms with Gasteiger partial charge in [-0.25, -0.2) is 0 Å². The number of hydrogen-bond acceptors (Lipinski definition) is 3. The van der Waals surface area contributed by atoms with Gasteiger partial charge < -0.3 is 16.0 Å². The van der Waals surface area contributed by atoms with Gasteiger partial charge in [0, 0.05) is 24.8 Å². The van der Waals surface area contributed by atoms with Gasteiger partial charge in [0.05, 0.1) is 0 Å². The quantitative estimate of drug-likeness (QED) is 0.615. The van der Waals surface area contributed by atoms with Crippen LogP contribution in [0.5, 0.6) is 0 Å². The van der Waals surface area contributed by atoms with Gasteiger partial charge in [-0.15, -0.1) is 0 Å². The zero-order valence-electron chi connectivity index (χ0n) is 11.3. The van der Waals surface area contributed by atoms with E-state index in [9.17, 15) is 0 Å². The molecule has 0 unspecified atom stereocenters. The van der Waals surface area contributed by atoms with Crippen LogP contribution < -0.4 is 16.0 Å². The second-order valence-electron chi connectivity index (χ2n) is 5.06. The summed E-state index contributed by atoms with van der Waals surface area (Å²) in [5, 5.41) is 10.2. The molecule has 3 nitrogen and oxygen atoms in total. The van der Waals surface area contributed by atoms with Crippen molar-refractivity contribution in [3.63, 3.8) is 0 Å². The van der Waals surface area contributed by atoms with Crippen LogP contribution in [0, 0.1) is 0 Å². The van der Waals surface area contributed by atoms with Crippen molar-refractivity contribution in [3.8, 4) is 0 Å². The maximum absolute atomic E-state index is 3.56. The van der Waals surface area contributed by atoms with Crippen LogP contribution in [0.3, 0.4) is 0 Å². The Morgan fingerprint density at radius 2 is 1.83 bits per heavy atom. The van der Waals surface area contributed by atoms with Gasteiger partial charge in [-0.1, -0.05) is 18.6 Å². The number of rotatable bonds is 8.